The molecule has 0 fully saturated rings. The molecule has 8 heteroatoms. The lowest BCUT2D eigenvalue weighted by Crippen LogP contribution is -2.24. The van der Waals surface area contributed by atoms with Crippen molar-refractivity contribution in [2.45, 2.75) is 18.4 Å². The fraction of sp³-hybridized carbons (Fsp3) is 0.182. The van der Waals surface area contributed by atoms with Crippen LogP contribution in [0.15, 0.2) is 35.6 Å². The maximum atomic E-state index is 12.0. The second kappa shape index (κ2) is 5.60. The zero-order chi connectivity index (χ0) is 13.9. The van der Waals surface area contributed by atoms with E-state index in [9.17, 15) is 8.42 Å². The van der Waals surface area contributed by atoms with Crippen LogP contribution in [-0.2, 0) is 16.6 Å². The maximum absolute atomic E-state index is 12.0. The molecule has 0 aliphatic heterocycles. The quantitative estimate of drug-likeness (QED) is 0.860. The van der Waals surface area contributed by atoms with E-state index in [4.69, 9.17) is 11.6 Å². The number of nitrogens with one attached hydrogen (secondary N) is 1. The lowest BCUT2D eigenvalue weighted by molar-refractivity contribution is 0.579. The van der Waals surface area contributed by atoms with Gasteiger partial charge in [0.1, 0.15) is 4.90 Å². The summed E-state index contributed by atoms with van der Waals surface area (Å²) >= 11 is 5.51. The van der Waals surface area contributed by atoms with Crippen molar-refractivity contribution in [2.24, 2.45) is 0 Å². The number of hydrogen-bond donors (Lipinski definition) is 1. The Hall–Kier alpha value is -1.57. The maximum Gasteiger partial charge on any atom is 0.243 e. The van der Waals surface area contributed by atoms with Crippen molar-refractivity contribution in [3.63, 3.8) is 0 Å². The molecule has 100 valence electrons. The van der Waals surface area contributed by atoms with Crippen molar-refractivity contribution in [1.29, 1.82) is 0 Å². The first kappa shape index (κ1) is 13.9. The third-order valence-electron chi connectivity index (χ3n) is 2.45. The van der Waals surface area contributed by atoms with Crippen LogP contribution in [0.1, 0.15) is 11.3 Å². The van der Waals surface area contributed by atoms with E-state index >= 15 is 0 Å². The van der Waals surface area contributed by atoms with Gasteiger partial charge >= 0.3 is 0 Å². The first-order valence-corrected chi connectivity index (χ1v) is 7.23. The number of rotatable bonds is 4. The molecule has 0 unspecified atom stereocenters. The van der Waals surface area contributed by atoms with Crippen molar-refractivity contribution in [2.75, 3.05) is 0 Å². The summed E-state index contributed by atoms with van der Waals surface area (Å²) in [6.07, 6.45) is 3.92. The fourth-order valence-corrected chi connectivity index (χ4v) is 2.36. The Morgan fingerprint density at radius 1 is 1.26 bits per heavy atom. The second-order valence-corrected chi connectivity index (χ2v) is 5.88. The summed E-state index contributed by atoms with van der Waals surface area (Å²) in [7, 11) is -3.67. The number of hydrogen-bond acceptors (Lipinski definition) is 5. The van der Waals surface area contributed by atoms with Crippen molar-refractivity contribution in [3.8, 4) is 0 Å². The van der Waals surface area contributed by atoms with Crippen LogP contribution < -0.4 is 4.72 Å². The predicted octanol–water partition coefficient (Wildman–Crippen LogP) is 1.31. The van der Waals surface area contributed by atoms with Crippen LogP contribution in [0.4, 0.5) is 0 Å². The van der Waals surface area contributed by atoms with Gasteiger partial charge in [0.05, 0.1) is 24.6 Å². The van der Waals surface area contributed by atoms with E-state index in [2.05, 4.69) is 19.7 Å². The summed E-state index contributed by atoms with van der Waals surface area (Å²) in [6.45, 7) is 1.97. The minimum Gasteiger partial charge on any atom is -0.260 e. The molecule has 2 aromatic rings. The average molecular weight is 299 g/mol. The average Bonchev–Trinajstić information content (AvgIpc) is 2.38. The third kappa shape index (κ3) is 3.46. The Kier molecular flexibility index (Phi) is 4.08. The number of pyridine rings is 1. The molecule has 0 amide bonds. The highest BCUT2D eigenvalue weighted by atomic mass is 35.5. The molecule has 0 aliphatic rings. The van der Waals surface area contributed by atoms with Gasteiger partial charge in [0, 0.05) is 6.20 Å². The summed E-state index contributed by atoms with van der Waals surface area (Å²) in [4.78, 5) is 11.3. The zero-order valence-electron chi connectivity index (χ0n) is 10.0. The van der Waals surface area contributed by atoms with Crippen LogP contribution in [0.2, 0.25) is 5.28 Å². The number of aromatic nitrogens is 3. The van der Waals surface area contributed by atoms with Gasteiger partial charge in [0.25, 0.3) is 0 Å². The van der Waals surface area contributed by atoms with Gasteiger partial charge in [-0.2, -0.15) is 0 Å². The summed E-state index contributed by atoms with van der Waals surface area (Å²) < 4.78 is 26.4. The van der Waals surface area contributed by atoms with Crippen LogP contribution in [0.5, 0.6) is 0 Å². The van der Waals surface area contributed by atoms with Crippen LogP contribution >= 0.6 is 11.6 Å². The highest BCUT2D eigenvalue weighted by Crippen LogP contribution is 2.09. The molecule has 0 saturated carbocycles. The third-order valence-corrected chi connectivity index (χ3v) is 4.01. The summed E-state index contributed by atoms with van der Waals surface area (Å²) in [5.74, 6) is 0. The van der Waals surface area contributed by atoms with Crippen LogP contribution in [0.25, 0.3) is 0 Å². The molecular formula is C11H11ClN4O2S. The van der Waals surface area contributed by atoms with Gasteiger partial charge < -0.3 is 0 Å². The highest BCUT2D eigenvalue weighted by molar-refractivity contribution is 7.89. The smallest absolute Gasteiger partial charge is 0.243 e. The van der Waals surface area contributed by atoms with Gasteiger partial charge in [-0.15, -0.1) is 0 Å². The standard InChI is InChI=1S/C11H11ClN4O2S/c1-8-3-2-4-13-10(8)7-16-19(17,18)9-5-14-11(12)15-6-9/h2-6,16H,7H2,1H3. The molecule has 1 N–H and O–H groups in total. The first-order chi connectivity index (χ1) is 8.99. The van der Waals surface area contributed by atoms with E-state index in [0.29, 0.717) is 5.69 Å². The van der Waals surface area contributed by atoms with Gasteiger partial charge in [-0.25, -0.2) is 23.1 Å². The zero-order valence-corrected chi connectivity index (χ0v) is 11.6. The molecule has 2 heterocycles. The van der Waals surface area contributed by atoms with E-state index in [0.717, 1.165) is 18.0 Å². The van der Waals surface area contributed by atoms with Crippen molar-refractivity contribution >= 4 is 21.6 Å². The van der Waals surface area contributed by atoms with Crippen molar-refractivity contribution in [3.05, 3.63) is 47.3 Å². The minimum atomic E-state index is -3.67. The van der Waals surface area contributed by atoms with Gasteiger partial charge in [-0.1, -0.05) is 6.07 Å². The molecule has 0 bridgehead atoms. The number of halogens is 1. The topological polar surface area (TPSA) is 84.8 Å². The molecule has 0 spiro atoms. The molecule has 0 saturated heterocycles. The fourth-order valence-electron chi connectivity index (χ4n) is 1.39. The number of nitrogens with zero attached hydrogens (tertiary/aromatic N) is 3. The largest absolute Gasteiger partial charge is 0.260 e. The molecule has 0 radical (unpaired) electrons. The van der Waals surface area contributed by atoms with Gasteiger partial charge in [0.15, 0.2) is 0 Å². The molecule has 2 aromatic heterocycles. The number of sulfonamides is 1. The molecule has 2 rings (SSSR count). The van der Waals surface area contributed by atoms with E-state index in [1.807, 2.05) is 13.0 Å². The normalized spacial score (nSPS) is 11.5. The summed E-state index contributed by atoms with van der Waals surface area (Å²) in [5.41, 5.74) is 1.58. The summed E-state index contributed by atoms with van der Waals surface area (Å²) in [5, 5.41) is -0.000444. The van der Waals surface area contributed by atoms with Gasteiger partial charge in [-0.05, 0) is 30.2 Å². The van der Waals surface area contributed by atoms with E-state index in [-0.39, 0.29) is 16.7 Å². The lowest BCUT2D eigenvalue weighted by atomic mass is 10.2. The van der Waals surface area contributed by atoms with Gasteiger partial charge in [0.2, 0.25) is 15.3 Å². The van der Waals surface area contributed by atoms with E-state index in [1.54, 1.807) is 12.3 Å². The molecule has 0 atom stereocenters. The van der Waals surface area contributed by atoms with E-state index < -0.39 is 10.0 Å². The number of aryl methyl sites for hydroxylation is 1. The first-order valence-electron chi connectivity index (χ1n) is 5.37. The molecule has 0 aliphatic carbocycles. The van der Waals surface area contributed by atoms with Crippen LogP contribution in [0, 0.1) is 6.92 Å². The van der Waals surface area contributed by atoms with Crippen LogP contribution in [-0.4, -0.2) is 23.4 Å². The molecule has 0 aromatic carbocycles. The summed E-state index contributed by atoms with van der Waals surface area (Å²) in [6, 6.07) is 3.66. The minimum absolute atomic E-state index is 0.000444. The van der Waals surface area contributed by atoms with E-state index in [1.165, 1.54) is 0 Å². The Bertz CT molecular complexity index is 673. The Morgan fingerprint density at radius 3 is 2.58 bits per heavy atom. The monoisotopic (exact) mass is 298 g/mol. The van der Waals surface area contributed by atoms with Crippen molar-refractivity contribution in [1.82, 2.24) is 19.7 Å². The molecule has 19 heavy (non-hydrogen) atoms. The Balaban J connectivity index is 2.14. The highest BCUT2D eigenvalue weighted by Gasteiger charge is 2.15. The Labute approximate surface area is 115 Å². The van der Waals surface area contributed by atoms with Gasteiger partial charge in [-0.3, -0.25) is 4.98 Å². The lowest BCUT2D eigenvalue weighted by Gasteiger charge is -2.07. The second-order valence-electron chi connectivity index (χ2n) is 3.78. The molecule has 6 nitrogen and oxygen atoms in total. The predicted molar refractivity (Wildman–Crippen MR) is 70.0 cm³/mol. The molecular weight excluding hydrogens is 288 g/mol. The van der Waals surface area contributed by atoms with Crippen LogP contribution in [0.3, 0.4) is 0 Å². The SMILES string of the molecule is Cc1cccnc1CNS(=O)(=O)c1cnc(Cl)nc1. The Morgan fingerprint density at radius 2 is 1.95 bits per heavy atom. The van der Waals surface area contributed by atoms with Crippen molar-refractivity contribution < 1.29 is 8.42 Å².